The maximum atomic E-state index is 2.55. The van der Waals surface area contributed by atoms with Crippen molar-refractivity contribution >= 4 is 123 Å². The molecule has 2 fully saturated rings. The van der Waals surface area contributed by atoms with E-state index in [1.54, 1.807) is 87.0 Å². The van der Waals surface area contributed by atoms with Crippen LogP contribution in [0.1, 0.15) is 127 Å². The highest BCUT2D eigenvalue weighted by Crippen LogP contribution is 2.51. The van der Waals surface area contributed by atoms with Gasteiger partial charge in [-0.3, -0.25) is 0 Å². The quantitative estimate of drug-likeness (QED) is 0.154. The van der Waals surface area contributed by atoms with Crippen molar-refractivity contribution in [2.24, 2.45) is 0 Å². The second-order valence-electron chi connectivity index (χ2n) is 46.1. The van der Waals surface area contributed by atoms with Gasteiger partial charge in [-0.2, -0.15) is 0 Å². The molecule has 0 nitrogen and oxygen atoms in total. The van der Waals surface area contributed by atoms with Crippen LogP contribution in [0.5, 0.6) is 0 Å². The molecule has 21 rings (SSSR count). The normalized spacial score (nSPS) is 20.3. The summed E-state index contributed by atoms with van der Waals surface area (Å²) in [5.41, 5.74) is 36.5. The van der Waals surface area contributed by atoms with E-state index in [2.05, 4.69) is 486 Å². The molecular weight excluding hydrogens is 1730 g/mol. The van der Waals surface area contributed by atoms with Crippen LogP contribution in [0.15, 0.2) is 336 Å². The van der Waals surface area contributed by atoms with Crippen molar-refractivity contribution in [1.29, 1.82) is 0 Å². The number of aryl methyl sites for hydroxylation is 4. The lowest BCUT2D eigenvalue weighted by Gasteiger charge is -2.30. The average Bonchev–Trinajstić information content (AvgIpc) is 1.58. The van der Waals surface area contributed by atoms with E-state index in [9.17, 15) is 0 Å². The van der Waals surface area contributed by atoms with Gasteiger partial charge in [0.1, 0.15) is 24.2 Å². The highest BCUT2D eigenvalue weighted by molar-refractivity contribution is 7.04. The predicted molar refractivity (Wildman–Crippen MR) is 614 cm³/mol. The molecule has 0 aliphatic carbocycles. The van der Waals surface area contributed by atoms with Gasteiger partial charge in [0, 0.05) is 16.1 Å². The van der Waals surface area contributed by atoms with Crippen molar-refractivity contribution in [3.8, 4) is 22.3 Å². The number of fused-ring (bicyclic) bond motifs is 9. The predicted octanol–water partition coefficient (Wildman–Crippen LogP) is 31.7. The molecule has 0 bridgehead atoms. The van der Waals surface area contributed by atoms with Gasteiger partial charge in [0.15, 0.2) is 0 Å². The first kappa shape index (κ1) is 102. The molecule has 0 saturated carbocycles. The van der Waals surface area contributed by atoms with E-state index < -0.39 is 80.7 Å². The van der Waals surface area contributed by atoms with Crippen LogP contribution in [-0.2, 0) is 24.9 Å². The maximum absolute atomic E-state index is 2.55. The van der Waals surface area contributed by atoms with Crippen LogP contribution in [0, 0.1) is 13.8 Å². The van der Waals surface area contributed by atoms with Gasteiger partial charge < -0.3 is 0 Å². The standard InChI is InChI=1S/C18H22Si.C18H18Si.C16H18Si.C14H14Si.C11H16Si.2C10H14Si.C10H18Si.C7H16Si.C7H12Si/c2*1-19(2)13-17(15-9-5-3-6-10-15)18(14-19)16-11-7-4-8-12-16;1-11-5-7-13-14-8-6-12(2)10-16(14)17(3,4)15(13)9-11;1-15(2)13-9-5-3-7-11(13)12-8-4-6-10-14(12)15;1-12(2)9-5-7-10-6-3-4-8-11(10)12;1-11(2)7-9-5-3-4-6-10(9)8-11;1-11(2)8-7-9-5-3-4-6-10(9)11;1-7-8(2)10(4)11(5,6)9(7)3;2*1-8(2)6-4-3-5-7-8/h3-12,17-18H,13-14H2,1-2H3;3-14H,1-2H3;5-10H,1-4H3;3-10H,1-2H3;3-4,6,8H,5,7,9H2,1-2H3;2*3-6H,7-8H2,1-2H3;1-6H3;3-7H2,1-2H3;4-7H,3H2,1-2H3. The van der Waals surface area contributed by atoms with Crippen molar-refractivity contribution in [2.45, 2.75) is 278 Å². The Morgan fingerprint density at radius 1 is 0.260 bits per heavy atom. The van der Waals surface area contributed by atoms with E-state index in [4.69, 9.17) is 0 Å². The van der Waals surface area contributed by atoms with Crippen LogP contribution in [0.2, 0.25) is 167 Å². The average molecular weight is 1900 g/mol. The third-order valence-electron chi connectivity index (χ3n) is 30.8. The smallest absolute Gasteiger partial charge is 0.0944 e. The molecule has 0 radical (unpaired) electrons. The summed E-state index contributed by atoms with van der Waals surface area (Å²) in [6.45, 7) is 62.7. The van der Waals surface area contributed by atoms with Crippen LogP contribution in [0.4, 0.5) is 0 Å². The minimum absolute atomic E-state index is 0.590. The Labute approximate surface area is 807 Å². The molecule has 2 saturated heterocycles. The Bertz CT molecular complexity index is 5620. The first-order valence-corrected chi connectivity index (χ1v) is 81.9. The zero-order valence-electron chi connectivity index (χ0n) is 85.8. The molecule has 0 N–H and O–H groups in total. The number of allylic oxidation sites excluding steroid dienone is 8. The van der Waals surface area contributed by atoms with Gasteiger partial charge in [-0.15, -0.1) is 0 Å². The SMILES string of the molecule is CC1=C(C)[Si](C)(C)C(C)=C1C.C[Si]1(C)C=C(c2ccccc2)C(c2ccccc2)=C1.C[Si]1(C)C=CCC=C1.C[Si]1(C)CC(c2ccccc2)C(c2ccccc2)C1.C[Si]1(C)CCCCC1.C[Si]1(C)CCCc2ccccc21.C[Si]1(C)CCc2ccccc21.C[Si]1(C)Cc2ccccc2C1.C[Si]1(C)c2ccccc2-c2ccccc21.Cc1ccc2c(c1)[Si](C)(C)c1cc(C)ccc1-2. The van der Waals surface area contributed by atoms with Crippen molar-refractivity contribution in [3.63, 3.8) is 0 Å². The van der Waals surface area contributed by atoms with Crippen LogP contribution in [0.25, 0.3) is 33.4 Å². The molecule has 11 aromatic rings. The molecule has 686 valence electrons. The molecular formula is C121H162Si10. The maximum Gasteiger partial charge on any atom is 0.113 e. The lowest BCUT2D eigenvalue weighted by Crippen LogP contribution is -2.49. The van der Waals surface area contributed by atoms with Crippen LogP contribution in [0.3, 0.4) is 0 Å². The number of hydrogen-bond acceptors (Lipinski definition) is 0. The largest absolute Gasteiger partial charge is 0.113 e. The molecule has 10 aliphatic rings. The van der Waals surface area contributed by atoms with Crippen molar-refractivity contribution in [3.05, 3.63) is 391 Å². The number of rotatable bonds is 4. The topological polar surface area (TPSA) is 0 Å². The van der Waals surface area contributed by atoms with Gasteiger partial charge in [-0.1, -0.05) is 532 Å². The highest BCUT2D eigenvalue weighted by atomic mass is 28.3. The van der Waals surface area contributed by atoms with E-state index in [1.165, 1.54) is 142 Å². The Hall–Kier alpha value is -7.97. The summed E-state index contributed by atoms with van der Waals surface area (Å²) in [5.74, 6) is 1.45. The third-order valence-corrected chi connectivity index (χ3v) is 62.8. The molecule has 2 unspecified atom stereocenters. The molecule has 11 aromatic carbocycles. The minimum atomic E-state index is -1.44. The molecule has 0 aromatic heterocycles. The minimum Gasteiger partial charge on any atom is -0.0944 e. The highest BCUT2D eigenvalue weighted by Gasteiger charge is 2.43. The van der Waals surface area contributed by atoms with Gasteiger partial charge in [-0.05, 0) is 202 Å². The fraction of sp³-hybridized carbons (Fsp3) is 0.355. The fourth-order valence-corrected chi connectivity index (χ4v) is 50.2. The lowest BCUT2D eigenvalue weighted by molar-refractivity contribution is 0.657. The molecule has 10 heteroatoms. The Kier molecular flexibility index (Phi) is 33.8. The van der Waals surface area contributed by atoms with Gasteiger partial charge in [-0.25, -0.2) is 0 Å². The summed E-state index contributed by atoms with van der Waals surface area (Å²) in [6, 6.07) is 114. The Morgan fingerprint density at radius 2 is 0.603 bits per heavy atom. The second-order valence-corrected chi connectivity index (χ2v) is 93.2. The van der Waals surface area contributed by atoms with Gasteiger partial charge in [0.25, 0.3) is 0 Å². The lowest BCUT2D eigenvalue weighted by atomic mass is 9.84. The van der Waals surface area contributed by atoms with E-state index in [-0.39, 0.29) is 0 Å². The van der Waals surface area contributed by atoms with Crippen molar-refractivity contribution in [2.75, 3.05) is 0 Å². The number of benzene rings is 11. The Morgan fingerprint density at radius 3 is 0.969 bits per heavy atom. The fourth-order valence-electron chi connectivity index (χ4n) is 22.3. The molecule has 0 amide bonds. The molecule has 0 spiro atoms. The third kappa shape index (κ3) is 26.0. The Balaban J connectivity index is 0.000000133. The number of hydrogen-bond donors (Lipinski definition) is 0. The molecule has 131 heavy (non-hydrogen) atoms. The van der Waals surface area contributed by atoms with E-state index >= 15 is 0 Å². The first-order chi connectivity index (χ1) is 61.9. The van der Waals surface area contributed by atoms with E-state index in [0.29, 0.717) is 0 Å². The van der Waals surface area contributed by atoms with Crippen molar-refractivity contribution in [1.82, 2.24) is 0 Å². The summed E-state index contributed by atoms with van der Waals surface area (Å²) < 4.78 is 0. The summed E-state index contributed by atoms with van der Waals surface area (Å²) in [6.07, 6.45) is 14.3. The van der Waals surface area contributed by atoms with Crippen LogP contribution < -0.4 is 31.1 Å². The van der Waals surface area contributed by atoms with Crippen LogP contribution in [-0.4, -0.2) is 80.7 Å². The van der Waals surface area contributed by atoms with Gasteiger partial charge >= 0.3 is 0 Å². The van der Waals surface area contributed by atoms with Gasteiger partial charge in [0.2, 0.25) is 0 Å². The van der Waals surface area contributed by atoms with E-state index in [0.717, 1.165) is 18.3 Å². The van der Waals surface area contributed by atoms with Gasteiger partial charge in [0.05, 0.1) is 40.4 Å². The van der Waals surface area contributed by atoms with Crippen molar-refractivity contribution < 1.29 is 0 Å². The monoisotopic (exact) mass is 1900 g/mol. The van der Waals surface area contributed by atoms with E-state index in [1.807, 2.05) is 0 Å². The second kappa shape index (κ2) is 43.4. The summed E-state index contributed by atoms with van der Waals surface area (Å²) >= 11 is 0. The zero-order valence-corrected chi connectivity index (χ0v) is 95.8. The summed E-state index contributed by atoms with van der Waals surface area (Å²) in [4.78, 5) is 0. The van der Waals surface area contributed by atoms with Crippen LogP contribution >= 0.6 is 0 Å². The molecule has 10 heterocycles. The summed E-state index contributed by atoms with van der Waals surface area (Å²) in [7, 11) is -10.7. The zero-order chi connectivity index (χ0) is 94.5. The molecule has 2 atom stereocenters. The summed E-state index contributed by atoms with van der Waals surface area (Å²) in [5, 5.41) is 13.1. The first-order valence-electron chi connectivity index (χ1n) is 49.9. The molecule has 10 aliphatic heterocycles.